The molecule has 0 aliphatic heterocycles. The Morgan fingerprint density at radius 2 is 2.07 bits per heavy atom. The summed E-state index contributed by atoms with van der Waals surface area (Å²) in [5.74, 6) is 3.14. The van der Waals surface area contributed by atoms with Crippen LogP contribution in [0.25, 0.3) is 0 Å². The predicted molar refractivity (Wildman–Crippen MR) is 53.9 cm³/mol. The highest BCUT2D eigenvalue weighted by Gasteiger charge is 2.47. The van der Waals surface area contributed by atoms with Gasteiger partial charge >= 0.3 is 0 Å². The van der Waals surface area contributed by atoms with Crippen LogP contribution < -0.4 is 5.73 Å². The molecule has 2 atom stereocenters. The molecule has 2 N–H and O–H groups in total. The number of aromatic nitrogens is 1. The first-order valence-electron chi connectivity index (χ1n) is 5.53. The molecule has 0 spiro atoms. The van der Waals surface area contributed by atoms with Crippen molar-refractivity contribution in [3.63, 3.8) is 0 Å². The first-order chi connectivity index (χ1) is 6.79. The molecular weight excluding hydrogens is 176 g/mol. The van der Waals surface area contributed by atoms with Crippen LogP contribution in [-0.2, 0) is 6.42 Å². The number of fused-ring (bicyclic) bond motifs is 1. The Kier molecular flexibility index (Phi) is 1.64. The molecule has 2 aliphatic rings. The van der Waals surface area contributed by atoms with Crippen molar-refractivity contribution in [2.45, 2.75) is 38.5 Å². The molecule has 2 saturated carbocycles. The van der Waals surface area contributed by atoms with E-state index in [4.69, 9.17) is 10.3 Å². The van der Waals surface area contributed by atoms with E-state index in [-0.39, 0.29) is 0 Å². The van der Waals surface area contributed by atoms with Crippen molar-refractivity contribution in [1.29, 1.82) is 0 Å². The van der Waals surface area contributed by atoms with E-state index in [1.165, 1.54) is 19.3 Å². The van der Waals surface area contributed by atoms with Gasteiger partial charge in [0.25, 0.3) is 0 Å². The second-order valence-electron chi connectivity index (χ2n) is 4.69. The molecule has 1 aromatic heterocycles. The first-order valence-corrected chi connectivity index (χ1v) is 5.53. The van der Waals surface area contributed by atoms with Crippen LogP contribution in [0.4, 0.5) is 5.88 Å². The SMILES string of the molecule is CCc1c(C2CC3CC3C2)noc1N. The van der Waals surface area contributed by atoms with Gasteiger partial charge in [0.05, 0.1) is 5.69 Å². The maximum absolute atomic E-state index is 5.74. The summed E-state index contributed by atoms with van der Waals surface area (Å²) in [6.07, 6.45) is 5.01. The summed E-state index contributed by atoms with van der Waals surface area (Å²) in [4.78, 5) is 0. The summed E-state index contributed by atoms with van der Waals surface area (Å²) < 4.78 is 5.08. The van der Waals surface area contributed by atoms with Crippen LogP contribution >= 0.6 is 0 Å². The summed E-state index contributed by atoms with van der Waals surface area (Å²) in [6, 6.07) is 0. The summed E-state index contributed by atoms with van der Waals surface area (Å²) in [5, 5.41) is 4.12. The topological polar surface area (TPSA) is 52.0 Å². The molecule has 0 bridgehead atoms. The molecule has 1 aromatic rings. The number of anilines is 1. The standard InChI is InChI=1S/C11H16N2O/c1-2-9-10(13-14-11(9)12)8-4-6-3-7(6)5-8/h6-8H,2-5,12H2,1H3. The zero-order valence-electron chi connectivity index (χ0n) is 8.49. The third-order valence-electron chi connectivity index (χ3n) is 3.83. The minimum Gasteiger partial charge on any atom is -0.367 e. The van der Waals surface area contributed by atoms with E-state index in [1.807, 2.05) is 0 Å². The summed E-state index contributed by atoms with van der Waals surface area (Å²) in [7, 11) is 0. The molecule has 14 heavy (non-hydrogen) atoms. The van der Waals surface area contributed by atoms with Gasteiger partial charge in [0, 0.05) is 11.5 Å². The fourth-order valence-electron chi connectivity index (χ4n) is 2.95. The number of hydrogen-bond donors (Lipinski definition) is 1. The first kappa shape index (κ1) is 8.33. The lowest BCUT2D eigenvalue weighted by Gasteiger charge is -2.08. The number of nitrogens with two attached hydrogens (primary N) is 1. The largest absolute Gasteiger partial charge is 0.367 e. The Morgan fingerprint density at radius 3 is 2.71 bits per heavy atom. The highest BCUT2D eigenvalue weighted by atomic mass is 16.5. The van der Waals surface area contributed by atoms with Gasteiger partial charge in [0.2, 0.25) is 5.88 Å². The minimum atomic E-state index is 0.531. The van der Waals surface area contributed by atoms with Crippen LogP contribution in [0.1, 0.15) is 43.4 Å². The van der Waals surface area contributed by atoms with Gasteiger partial charge in [-0.3, -0.25) is 0 Å². The molecule has 3 rings (SSSR count). The summed E-state index contributed by atoms with van der Waals surface area (Å²) in [6.45, 7) is 2.11. The minimum absolute atomic E-state index is 0.531. The molecule has 0 radical (unpaired) electrons. The maximum atomic E-state index is 5.74. The molecule has 2 aliphatic carbocycles. The lowest BCUT2D eigenvalue weighted by atomic mass is 9.95. The van der Waals surface area contributed by atoms with Crippen molar-refractivity contribution in [2.24, 2.45) is 11.8 Å². The molecule has 2 unspecified atom stereocenters. The van der Waals surface area contributed by atoms with E-state index in [1.54, 1.807) is 0 Å². The number of nitrogen functional groups attached to an aromatic ring is 1. The zero-order valence-corrected chi connectivity index (χ0v) is 8.49. The maximum Gasteiger partial charge on any atom is 0.225 e. The van der Waals surface area contributed by atoms with Crippen molar-refractivity contribution in [2.75, 3.05) is 5.73 Å². The number of rotatable bonds is 2. The quantitative estimate of drug-likeness (QED) is 0.782. The number of nitrogens with zero attached hydrogens (tertiary/aromatic N) is 1. The Morgan fingerprint density at radius 1 is 1.36 bits per heavy atom. The Balaban J connectivity index is 1.88. The third kappa shape index (κ3) is 1.08. The van der Waals surface area contributed by atoms with Gasteiger partial charge in [0.1, 0.15) is 0 Å². The van der Waals surface area contributed by atoms with Crippen molar-refractivity contribution in [1.82, 2.24) is 5.16 Å². The van der Waals surface area contributed by atoms with E-state index < -0.39 is 0 Å². The van der Waals surface area contributed by atoms with E-state index >= 15 is 0 Å². The third-order valence-corrected chi connectivity index (χ3v) is 3.83. The highest BCUT2D eigenvalue weighted by Crippen LogP contribution is 2.57. The van der Waals surface area contributed by atoms with Crippen molar-refractivity contribution < 1.29 is 4.52 Å². The van der Waals surface area contributed by atoms with E-state index in [2.05, 4.69) is 12.1 Å². The molecule has 0 aromatic carbocycles. The summed E-state index contributed by atoms with van der Waals surface area (Å²) >= 11 is 0. The van der Waals surface area contributed by atoms with Crippen LogP contribution in [0.15, 0.2) is 4.52 Å². The average Bonchev–Trinajstić information content (AvgIpc) is 2.63. The van der Waals surface area contributed by atoms with Crippen LogP contribution in [0.5, 0.6) is 0 Å². The monoisotopic (exact) mass is 192 g/mol. The van der Waals surface area contributed by atoms with Gasteiger partial charge < -0.3 is 10.3 Å². The van der Waals surface area contributed by atoms with Crippen LogP contribution in [0.2, 0.25) is 0 Å². The lowest BCUT2D eigenvalue weighted by Crippen LogP contribution is -2.00. The van der Waals surface area contributed by atoms with E-state index in [9.17, 15) is 0 Å². The lowest BCUT2D eigenvalue weighted by molar-refractivity contribution is 0.416. The average molecular weight is 192 g/mol. The highest BCUT2D eigenvalue weighted by molar-refractivity contribution is 5.41. The van der Waals surface area contributed by atoms with Gasteiger partial charge in [-0.2, -0.15) is 0 Å². The van der Waals surface area contributed by atoms with Crippen molar-refractivity contribution >= 4 is 5.88 Å². The van der Waals surface area contributed by atoms with E-state index in [0.717, 1.165) is 29.5 Å². The number of hydrogen-bond acceptors (Lipinski definition) is 3. The molecule has 3 heteroatoms. The fraction of sp³-hybridized carbons (Fsp3) is 0.727. The Bertz CT molecular complexity index is 348. The van der Waals surface area contributed by atoms with Gasteiger partial charge in [-0.15, -0.1) is 0 Å². The molecule has 2 fully saturated rings. The Labute approximate surface area is 83.6 Å². The Hall–Kier alpha value is -0.990. The van der Waals surface area contributed by atoms with E-state index in [0.29, 0.717) is 11.8 Å². The predicted octanol–water partition coefficient (Wildman–Crippen LogP) is 2.33. The smallest absolute Gasteiger partial charge is 0.225 e. The molecule has 1 heterocycles. The molecule has 3 nitrogen and oxygen atoms in total. The summed E-state index contributed by atoms with van der Waals surface area (Å²) in [5.41, 5.74) is 8.04. The second kappa shape index (κ2) is 2.75. The van der Waals surface area contributed by atoms with Crippen molar-refractivity contribution in [3.8, 4) is 0 Å². The van der Waals surface area contributed by atoms with Crippen LogP contribution in [0.3, 0.4) is 0 Å². The fourth-order valence-corrected chi connectivity index (χ4v) is 2.95. The molecule has 0 amide bonds. The van der Waals surface area contributed by atoms with Gasteiger partial charge in [-0.1, -0.05) is 12.1 Å². The van der Waals surface area contributed by atoms with Gasteiger partial charge in [-0.05, 0) is 37.5 Å². The molecule has 76 valence electrons. The normalized spacial score (nSPS) is 34.5. The van der Waals surface area contributed by atoms with Crippen LogP contribution in [0, 0.1) is 11.8 Å². The molecular formula is C11H16N2O. The zero-order chi connectivity index (χ0) is 9.71. The molecule has 0 saturated heterocycles. The second-order valence-corrected chi connectivity index (χ2v) is 4.69. The van der Waals surface area contributed by atoms with Crippen LogP contribution in [-0.4, -0.2) is 5.16 Å². The van der Waals surface area contributed by atoms with Crippen molar-refractivity contribution in [3.05, 3.63) is 11.3 Å². The van der Waals surface area contributed by atoms with Gasteiger partial charge in [-0.25, -0.2) is 0 Å². The van der Waals surface area contributed by atoms with Gasteiger partial charge in [0.15, 0.2) is 0 Å².